The van der Waals surface area contributed by atoms with Crippen molar-refractivity contribution in [2.75, 3.05) is 0 Å². The minimum Gasteiger partial charge on any atom is -0.341 e. The number of benzene rings is 3. The molecule has 5 nitrogen and oxygen atoms in total. The van der Waals surface area contributed by atoms with Gasteiger partial charge in [-0.2, -0.15) is 0 Å². The molecule has 128 valence electrons. The second-order valence-corrected chi connectivity index (χ2v) is 6.13. The van der Waals surface area contributed by atoms with Crippen LogP contribution in [0.4, 0.5) is 5.69 Å². The molecule has 0 fully saturated rings. The molecular formula is C21H16N2O3. The van der Waals surface area contributed by atoms with Crippen molar-refractivity contribution in [1.29, 1.82) is 0 Å². The predicted molar refractivity (Wildman–Crippen MR) is 102 cm³/mol. The van der Waals surface area contributed by atoms with Gasteiger partial charge in [-0.3, -0.25) is 14.9 Å². The second kappa shape index (κ2) is 6.11. The summed E-state index contributed by atoms with van der Waals surface area (Å²) in [4.78, 5) is 23.1. The minimum absolute atomic E-state index is 0.0250. The summed E-state index contributed by atoms with van der Waals surface area (Å²) in [6.07, 6.45) is 0. The van der Waals surface area contributed by atoms with Gasteiger partial charge in [0.05, 0.1) is 4.92 Å². The van der Waals surface area contributed by atoms with Crippen LogP contribution < -0.4 is 0 Å². The molecule has 0 aliphatic rings. The monoisotopic (exact) mass is 344 g/mol. The van der Waals surface area contributed by atoms with Gasteiger partial charge in [-0.05, 0) is 43.3 Å². The third-order valence-electron chi connectivity index (χ3n) is 4.69. The molecule has 0 saturated carbocycles. The summed E-state index contributed by atoms with van der Waals surface area (Å²) in [5, 5.41) is 12.9. The highest BCUT2D eigenvalue weighted by molar-refractivity contribution is 6.14. The predicted octanol–water partition coefficient (Wildman–Crippen LogP) is 4.95. The van der Waals surface area contributed by atoms with E-state index >= 15 is 0 Å². The van der Waals surface area contributed by atoms with E-state index in [-0.39, 0.29) is 11.5 Å². The quantitative estimate of drug-likeness (QED) is 0.299. The number of hydrogen-bond acceptors (Lipinski definition) is 3. The Kier molecular flexibility index (Phi) is 3.77. The van der Waals surface area contributed by atoms with Crippen LogP contribution in [0.2, 0.25) is 0 Å². The molecule has 0 aliphatic heterocycles. The van der Waals surface area contributed by atoms with Crippen LogP contribution >= 0.6 is 0 Å². The Morgan fingerprint density at radius 3 is 2.27 bits per heavy atom. The molecule has 4 aromatic rings. The molecule has 0 amide bonds. The maximum atomic E-state index is 12.8. The number of hydrogen-bond donors (Lipinski definition) is 0. The van der Waals surface area contributed by atoms with E-state index in [9.17, 15) is 14.9 Å². The van der Waals surface area contributed by atoms with E-state index in [1.165, 1.54) is 24.3 Å². The van der Waals surface area contributed by atoms with Crippen LogP contribution in [0.15, 0.2) is 66.7 Å². The fraction of sp³-hybridized carbons (Fsp3) is 0.0952. The Labute approximate surface area is 149 Å². The maximum absolute atomic E-state index is 12.8. The Balaban J connectivity index is 1.83. The van der Waals surface area contributed by atoms with Crippen LogP contribution in [-0.2, 0) is 6.54 Å². The van der Waals surface area contributed by atoms with Crippen molar-refractivity contribution in [3.05, 3.63) is 88.0 Å². The lowest BCUT2D eigenvalue weighted by Crippen LogP contribution is -2.01. The molecule has 3 aromatic carbocycles. The number of para-hydroxylation sites is 1. The van der Waals surface area contributed by atoms with E-state index in [0.29, 0.717) is 11.1 Å². The van der Waals surface area contributed by atoms with E-state index in [1.54, 1.807) is 0 Å². The minimum atomic E-state index is -0.472. The first-order valence-electron chi connectivity index (χ1n) is 8.40. The molecule has 0 unspecified atom stereocenters. The number of nitrogens with zero attached hydrogens (tertiary/aromatic N) is 2. The van der Waals surface area contributed by atoms with Crippen LogP contribution in [0, 0.1) is 10.1 Å². The smallest absolute Gasteiger partial charge is 0.269 e. The van der Waals surface area contributed by atoms with Gasteiger partial charge in [0.15, 0.2) is 5.78 Å². The number of aryl methyl sites for hydroxylation is 1. The van der Waals surface area contributed by atoms with Gasteiger partial charge >= 0.3 is 0 Å². The third-order valence-corrected chi connectivity index (χ3v) is 4.69. The maximum Gasteiger partial charge on any atom is 0.269 e. The lowest BCUT2D eigenvalue weighted by molar-refractivity contribution is -0.384. The summed E-state index contributed by atoms with van der Waals surface area (Å²) in [5.41, 5.74) is 3.22. The molecule has 0 saturated heterocycles. The van der Waals surface area contributed by atoms with Gasteiger partial charge in [-0.25, -0.2) is 0 Å². The number of nitro benzene ring substituents is 1. The van der Waals surface area contributed by atoms with Crippen LogP contribution in [0.5, 0.6) is 0 Å². The summed E-state index contributed by atoms with van der Waals surface area (Å²) in [6, 6.07) is 19.6. The molecule has 0 bridgehead atoms. The molecular weight excluding hydrogens is 328 g/mol. The first kappa shape index (κ1) is 16.0. The number of aromatic nitrogens is 1. The SMILES string of the molecule is CCn1c2ccccc2c2cc(C(=O)c3ccc([N+](=O)[O-])cc3)ccc21. The molecule has 4 rings (SSSR count). The Hall–Kier alpha value is -3.47. The summed E-state index contributed by atoms with van der Waals surface area (Å²) < 4.78 is 2.23. The van der Waals surface area contributed by atoms with Crippen molar-refractivity contribution >= 4 is 33.3 Å². The van der Waals surface area contributed by atoms with Crippen molar-refractivity contribution in [3.8, 4) is 0 Å². The third kappa shape index (κ3) is 2.45. The van der Waals surface area contributed by atoms with Crippen molar-refractivity contribution in [2.24, 2.45) is 0 Å². The molecule has 0 N–H and O–H groups in total. The van der Waals surface area contributed by atoms with Crippen molar-refractivity contribution in [3.63, 3.8) is 0 Å². The Morgan fingerprint density at radius 2 is 1.58 bits per heavy atom. The summed E-state index contributed by atoms with van der Waals surface area (Å²) >= 11 is 0. The lowest BCUT2D eigenvalue weighted by atomic mass is 10.0. The largest absolute Gasteiger partial charge is 0.341 e. The fourth-order valence-electron chi connectivity index (χ4n) is 3.44. The van der Waals surface area contributed by atoms with Gasteiger partial charge in [0.2, 0.25) is 0 Å². The molecule has 1 aromatic heterocycles. The Bertz CT molecular complexity index is 1160. The second-order valence-electron chi connectivity index (χ2n) is 6.13. The van der Waals surface area contributed by atoms with E-state index in [1.807, 2.05) is 30.3 Å². The van der Waals surface area contributed by atoms with E-state index < -0.39 is 4.92 Å². The molecule has 0 spiro atoms. The average Bonchev–Trinajstić information content (AvgIpc) is 3.00. The van der Waals surface area contributed by atoms with Gasteiger partial charge < -0.3 is 4.57 Å². The Morgan fingerprint density at radius 1 is 0.923 bits per heavy atom. The first-order chi connectivity index (χ1) is 12.6. The highest BCUT2D eigenvalue weighted by Gasteiger charge is 2.15. The first-order valence-corrected chi connectivity index (χ1v) is 8.40. The van der Waals surface area contributed by atoms with E-state index in [2.05, 4.69) is 23.6 Å². The highest BCUT2D eigenvalue weighted by atomic mass is 16.6. The molecule has 0 radical (unpaired) electrons. The normalized spacial score (nSPS) is 11.1. The number of non-ortho nitro benzene ring substituents is 1. The zero-order valence-corrected chi connectivity index (χ0v) is 14.2. The van der Waals surface area contributed by atoms with Crippen molar-refractivity contribution in [1.82, 2.24) is 4.57 Å². The van der Waals surface area contributed by atoms with Crippen LogP contribution in [0.25, 0.3) is 21.8 Å². The van der Waals surface area contributed by atoms with Crippen LogP contribution in [-0.4, -0.2) is 15.3 Å². The average molecular weight is 344 g/mol. The van der Waals surface area contributed by atoms with E-state index in [0.717, 1.165) is 28.4 Å². The number of carbonyl (C=O) groups excluding carboxylic acids is 1. The van der Waals surface area contributed by atoms with Crippen LogP contribution in [0.3, 0.4) is 0 Å². The highest BCUT2D eigenvalue weighted by Crippen LogP contribution is 2.30. The zero-order chi connectivity index (χ0) is 18.3. The summed E-state index contributed by atoms with van der Waals surface area (Å²) in [7, 11) is 0. The van der Waals surface area contributed by atoms with E-state index in [4.69, 9.17) is 0 Å². The standard InChI is InChI=1S/C21H16N2O3/c1-2-22-19-6-4-3-5-17(19)18-13-15(9-12-20(18)22)21(24)14-7-10-16(11-8-14)23(25)26/h3-13H,2H2,1H3. The summed E-state index contributed by atoms with van der Waals surface area (Å²) in [6.45, 7) is 2.95. The zero-order valence-electron chi connectivity index (χ0n) is 14.2. The summed E-state index contributed by atoms with van der Waals surface area (Å²) in [5.74, 6) is -0.143. The molecule has 0 aliphatic carbocycles. The van der Waals surface area contributed by atoms with Crippen molar-refractivity contribution in [2.45, 2.75) is 13.5 Å². The molecule has 26 heavy (non-hydrogen) atoms. The lowest BCUT2D eigenvalue weighted by Gasteiger charge is -2.04. The van der Waals surface area contributed by atoms with Gasteiger partial charge in [0.25, 0.3) is 5.69 Å². The van der Waals surface area contributed by atoms with Crippen molar-refractivity contribution < 1.29 is 9.72 Å². The van der Waals surface area contributed by atoms with Gasteiger partial charge in [0.1, 0.15) is 0 Å². The fourth-order valence-corrected chi connectivity index (χ4v) is 3.44. The topological polar surface area (TPSA) is 65.1 Å². The number of ketones is 1. The molecule has 5 heteroatoms. The van der Waals surface area contributed by atoms with Gasteiger partial charge in [0, 0.05) is 51.6 Å². The molecule has 0 atom stereocenters. The number of nitro groups is 1. The number of rotatable bonds is 4. The van der Waals surface area contributed by atoms with Gasteiger partial charge in [-0.15, -0.1) is 0 Å². The number of fused-ring (bicyclic) bond motifs is 3. The van der Waals surface area contributed by atoms with Crippen LogP contribution in [0.1, 0.15) is 22.8 Å². The van der Waals surface area contributed by atoms with Gasteiger partial charge in [-0.1, -0.05) is 18.2 Å². The molecule has 1 heterocycles. The number of carbonyl (C=O) groups is 1.